The molecule has 19 heavy (non-hydrogen) atoms. The van der Waals surface area contributed by atoms with Crippen molar-refractivity contribution in [1.29, 1.82) is 0 Å². The molecule has 4 nitrogen and oxygen atoms in total. The van der Waals surface area contributed by atoms with Gasteiger partial charge in [0.1, 0.15) is 12.4 Å². The quantitative estimate of drug-likeness (QED) is 0.899. The molecule has 0 aliphatic heterocycles. The third-order valence-electron chi connectivity index (χ3n) is 2.96. The minimum atomic E-state index is 0.108. The van der Waals surface area contributed by atoms with Crippen molar-refractivity contribution in [3.8, 4) is 0 Å². The van der Waals surface area contributed by atoms with E-state index < -0.39 is 0 Å². The number of rotatable bonds is 5. The second-order valence-electron chi connectivity index (χ2n) is 5.72. The summed E-state index contributed by atoms with van der Waals surface area (Å²) in [7, 11) is 0. The number of ether oxygens (including phenoxy) is 1. The fourth-order valence-electron chi connectivity index (χ4n) is 1.98. The summed E-state index contributed by atoms with van der Waals surface area (Å²) in [5.74, 6) is 0. The van der Waals surface area contributed by atoms with E-state index in [2.05, 4.69) is 47.9 Å². The minimum absolute atomic E-state index is 0.108. The smallest absolute Gasteiger partial charge is 0.142 e. The Labute approximate surface area is 114 Å². The monoisotopic (exact) mass is 261 g/mol. The summed E-state index contributed by atoms with van der Waals surface area (Å²) in [6.45, 7) is 10.6. The summed E-state index contributed by atoms with van der Waals surface area (Å²) in [4.78, 5) is 4.45. The first-order chi connectivity index (χ1) is 9.01. The number of pyridine rings is 1. The Bertz CT molecular complexity index is 540. The van der Waals surface area contributed by atoms with E-state index in [-0.39, 0.29) is 5.54 Å². The van der Waals surface area contributed by atoms with Gasteiger partial charge in [-0.2, -0.15) is 0 Å². The van der Waals surface area contributed by atoms with Gasteiger partial charge in [0.15, 0.2) is 0 Å². The van der Waals surface area contributed by atoms with Gasteiger partial charge in [0.2, 0.25) is 0 Å². The predicted octanol–water partition coefficient (Wildman–Crippen LogP) is 2.92. The van der Waals surface area contributed by atoms with E-state index in [0.717, 1.165) is 12.2 Å². The van der Waals surface area contributed by atoms with E-state index in [1.165, 1.54) is 10.9 Å². The van der Waals surface area contributed by atoms with E-state index in [1.54, 1.807) is 0 Å². The third-order valence-corrected chi connectivity index (χ3v) is 2.96. The lowest BCUT2D eigenvalue weighted by molar-refractivity contribution is 0.0904. The molecule has 0 unspecified atom stereocenters. The van der Waals surface area contributed by atoms with Crippen LogP contribution < -0.4 is 5.32 Å². The van der Waals surface area contributed by atoms with Crippen LogP contribution in [-0.2, 0) is 18.0 Å². The zero-order valence-corrected chi connectivity index (χ0v) is 12.2. The maximum Gasteiger partial charge on any atom is 0.142 e. The van der Waals surface area contributed by atoms with E-state index in [9.17, 15) is 0 Å². The van der Waals surface area contributed by atoms with Gasteiger partial charge in [-0.1, -0.05) is 0 Å². The molecular formula is C15H23N3O. The lowest BCUT2D eigenvalue weighted by Gasteiger charge is -2.20. The summed E-state index contributed by atoms with van der Waals surface area (Å²) >= 11 is 0. The molecule has 0 saturated carbocycles. The first-order valence-corrected chi connectivity index (χ1v) is 6.77. The summed E-state index contributed by atoms with van der Waals surface area (Å²) in [5.41, 5.74) is 2.36. The molecule has 0 atom stereocenters. The summed E-state index contributed by atoms with van der Waals surface area (Å²) in [6.07, 6.45) is 3.96. The molecule has 0 saturated heterocycles. The second-order valence-corrected chi connectivity index (χ2v) is 5.72. The highest BCUT2D eigenvalue weighted by Crippen LogP contribution is 2.20. The summed E-state index contributed by atoms with van der Waals surface area (Å²) in [6, 6.07) is 4.10. The first-order valence-electron chi connectivity index (χ1n) is 6.77. The first kappa shape index (κ1) is 14.0. The molecule has 4 heteroatoms. The Hall–Kier alpha value is -1.39. The average molecular weight is 261 g/mol. The van der Waals surface area contributed by atoms with Crippen molar-refractivity contribution >= 4 is 11.0 Å². The maximum atomic E-state index is 5.49. The molecule has 0 spiro atoms. The Morgan fingerprint density at radius 3 is 2.84 bits per heavy atom. The fraction of sp³-hybridized carbons (Fsp3) is 0.533. The van der Waals surface area contributed by atoms with Crippen LogP contribution in [0.2, 0.25) is 0 Å². The van der Waals surface area contributed by atoms with Crippen LogP contribution >= 0.6 is 0 Å². The molecule has 0 amide bonds. The second kappa shape index (κ2) is 5.72. The lowest BCUT2D eigenvalue weighted by atomic mass is 10.1. The van der Waals surface area contributed by atoms with Crippen molar-refractivity contribution in [2.24, 2.45) is 0 Å². The van der Waals surface area contributed by atoms with Gasteiger partial charge in [0, 0.05) is 36.5 Å². The standard InChI is InChI=1S/C15H23N3O/c1-5-19-11-18-10-12(9-17-15(2,3)4)13-7-6-8-16-14(13)18/h6-8,10,17H,5,9,11H2,1-4H3. The molecule has 104 valence electrons. The molecule has 2 aromatic heterocycles. The van der Waals surface area contributed by atoms with Crippen LogP contribution in [0.3, 0.4) is 0 Å². The molecule has 0 aliphatic rings. The van der Waals surface area contributed by atoms with Crippen molar-refractivity contribution in [1.82, 2.24) is 14.9 Å². The Kier molecular flexibility index (Phi) is 4.22. The largest absolute Gasteiger partial charge is 0.361 e. The molecule has 0 fully saturated rings. The summed E-state index contributed by atoms with van der Waals surface area (Å²) in [5, 5.41) is 4.71. The van der Waals surface area contributed by atoms with E-state index in [4.69, 9.17) is 4.74 Å². The van der Waals surface area contributed by atoms with Crippen LogP contribution in [0.15, 0.2) is 24.5 Å². The third kappa shape index (κ3) is 3.55. The van der Waals surface area contributed by atoms with Crippen LogP contribution in [0, 0.1) is 0 Å². The molecule has 0 aromatic carbocycles. The number of hydrogen-bond acceptors (Lipinski definition) is 3. The highest BCUT2D eigenvalue weighted by atomic mass is 16.5. The van der Waals surface area contributed by atoms with E-state index >= 15 is 0 Å². The van der Waals surface area contributed by atoms with Gasteiger partial charge in [0.25, 0.3) is 0 Å². The maximum absolute atomic E-state index is 5.49. The van der Waals surface area contributed by atoms with Crippen LogP contribution in [0.4, 0.5) is 0 Å². The summed E-state index contributed by atoms with van der Waals surface area (Å²) < 4.78 is 7.56. The highest BCUT2D eigenvalue weighted by Gasteiger charge is 2.13. The van der Waals surface area contributed by atoms with Gasteiger partial charge in [-0.3, -0.25) is 0 Å². The molecule has 2 rings (SSSR count). The number of aromatic nitrogens is 2. The lowest BCUT2D eigenvalue weighted by Crippen LogP contribution is -2.34. The molecule has 1 N–H and O–H groups in total. The Morgan fingerprint density at radius 1 is 1.37 bits per heavy atom. The average Bonchev–Trinajstić information content (AvgIpc) is 2.72. The predicted molar refractivity (Wildman–Crippen MR) is 78.0 cm³/mol. The Morgan fingerprint density at radius 2 is 2.16 bits per heavy atom. The number of nitrogens with one attached hydrogen (secondary N) is 1. The SMILES string of the molecule is CCOCn1cc(CNC(C)(C)C)c2cccnc21. The highest BCUT2D eigenvalue weighted by molar-refractivity contribution is 5.80. The van der Waals surface area contributed by atoms with Crippen LogP contribution in [0.25, 0.3) is 11.0 Å². The molecule has 0 aliphatic carbocycles. The van der Waals surface area contributed by atoms with Crippen LogP contribution in [-0.4, -0.2) is 21.7 Å². The van der Waals surface area contributed by atoms with Gasteiger partial charge in [0.05, 0.1) is 0 Å². The van der Waals surface area contributed by atoms with Crippen molar-refractivity contribution < 1.29 is 4.74 Å². The van der Waals surface area contributed by atoms with Crippen molar-refractivity contribution in [2.45, 2.75) is 46.5 Å². The van der Waals surface area contributed by atoms with Crippen molar-refractivity contribution in [3.63, 3.8) is 0 Å². The zero-order chi connectivity index (χ0) is 13.9. The number of hydrogen-bond donors (Lipinski definition) is 1. The number of fused-ring (bicyclic) bond motifs is 1. The van der Waals surface area contributed by atoms with Crippen molar-refractivity contribution in [3.05, 3.63) is 30.1 Å². The zero-order valence-electron chi connectivity index (χ0n) is 12.2. The van der Waals surface area contributed by atoms with Gasteiger partial charge < -0.3 is 14.6 Å². The Balaban J connectivity index is 2.28. The van der Waals surface area contributed by atoms with Crippen LogP contribution in [0.1, 0.15) is 33.3 Å². The molecule has 2 heterocycles. The van der Waals surface area contributed by atoms with Crippen molar-refractivity contribution in [2.75, 3.05) is 6.61 Å². The normalized spacial score (nSPS) is 12.2. The molecule has 2 aromatic rings. The van der Waals surface area contributed by atoms with Crippen LogP contribution in [0.5, 0.6) is 0 Å². The molecule has 0 bridgehead atoms. The minimum Gasteiger partial charge on any atom is -0.361 e. The topological polar surface area (TPSA) is 39.1 Å². The number of nitrogens with zero attached hydrogens (tertiary/aromatic N) is 2. The van der Waals surface area contributed by atoms with Gasteiger partial charge in [-0.25, -0.2) is 4.98 Å². The fourth-order valence-corrected chi connectivity index (χ4v) is 1.98. The molecule has 0 radical (unpaired) electrons. The van der Waals surface area contributed by atoms with E-state index in [1.807, 2.05) is 19.2 Å². The van der Waals surface area contributed by atoms with Gasteiger partial charge in [-0.15, -0.1) is 0 Å². The molecular weight excluding hydrogens is 238 g/mol. The van der Waals surface area contributed by atoms with E-state index in [0.29, 0.717) is 13.3 Å². The van der Waals surface area contributed by atoms with Gasteiger partial charge >= 0.3 is 0 Å². The van der Waals surface area contributed by atoms with Gasteiger partial charge in [-0.05, 0) is 45.4 Å².